The van der Waals surface area contributed by atoms with Gasteiger partial charge in [0.1, 0.15) is 28.7 Å². The van der Waals surface area contributed by atoms with Gasteiger partial charge in [-0.05, 0) is 132 Å². The third-order valence-electron chi connectivity index (χ3n) is 8.48. The molecule has 0 radical (unpaired) electrons. The van der Waals surface area contributed by atoms with Gasteiger partial charge in [-0.25, -0.2) is 0 Å². The summed E-state index contributed by atoms with van der Waals surface area (Å²) in [4.78, 5) is 10.1. The summed E-state index contributed by atoms with van der Waals surface area (Å²) >= 11 is 0. The Morgan fingerprint density at radius 2 is 0.792 bits per heavy atom. The van der Waals surface area contributed by atoms with Gasteiger partial charge in [0.25, 0.3) is 0 Å². The molecule has 5 aromatic carbocycles. The van der Waals surface area contributed by atoms with Crippen LogP contribution in [0, 0.1) is 27.7 Å². The number of aldehydes is 1. The molecule has 0 aliphatic rings. The molecule has 0 aliphatic carbocycles. The monoisotopic (exact) mass is 722 g/mol. The quantitative estimate of drug-likeness (QED) is 0.115. The Labute approximate surface area is 318 Å². The van der Waals surface area contributed by atoms with E-state index in [1.165, 1.54) is 17.2 Å². The number of rotatable bonds is 5. The van der Waals surface area contributed by atoms with E-state index in [1.54, 1.807) is 30.3 Å². The highest BCUT2D eigenvalue weighted by molar-refractivity contribution is 5.78. The van der Waals surface area contributed by atoms with Gasteiger partial charge in [0.15, 0.2) is 6.29 Å². The maximum absolute atomic E-state index is 10.1. The number of hydrogen-bond acceptors (Lipinski definition) is 6. The molecule has 0 spiro atoms. The first kappa shape index (κ1) is 45.8. The third kappa shape index (κ3) is 16.3. The predicted octanol–water partition coefficient (Wildman–Crippen LogP) is 12.5. The van der Waals surface area contributed by atoms with Gasteiger partial charge in [0.05, 0.1) is 5.56 Å². The van der Waals surface area contributed by atoms with E-state index in [0.717, 1.165) is 33.4 Å². The molecule has 0 aromatic heterocycles. The van der Waals surface area contributed by atoms with Crippen LogP contribution in [0.25, 0.3) is 0 Å². The van der Waals surface area contributed by atoms with Crippen LogP contribution in [-0.4, -0.2) is 31.8 Å². The van der Waals surface area contributed by atoms with Crippen molar-refractivity contribution < 1.29 is 30.3 Å². The third-order valence-corrected chi connectivity index (χ3v) is 8.48. The summed E-state index contributed by atoms with van der Waals surface area (Å²) in [5, 5.41) is 46.5. The summed E-state index contributed by atoms with van der Waals surface area (Å²) in [6.45, 7) is 24.5. The zero-order chi connectivity index (χ0) is 40.4. The number of carbonyl (C=O) groups excluding carboxylic acids is 1. The summed E-state index contributed by atoms with van der Waals surface area (Å²) in [6.07, 6.45) is 0.620. The number of phenols is 5. The van der Waals surface area contributed by atoms with Crippen LogP contribution in [0.5, 0.6) is 28.7 Å². The van der Waals surface area contributed by atoms with Gasteiger partial charge in [-0.2, -0.15) is 0 Å². The molecule has 0 bridgehead atoms. The SMILES string of the molecule is Cc1ccc(C(C)C)c(O)c1.Cc1ccc(C(C)C)c(O)c1.Cc1ccc(C(C)C)cc1O.Cc1ccc(C(C)C)cc1O.O=Cc1ccccc1O. The van der Waals surface area contributed by atoms with E-state index in [1.807, 2.05) is 76.2 Å². The Balaban J connectivity index is 0.000000332. The minimum Gasteiger partial charge on any atom is -0.508 e. The van der Waals surface area contributed by atoms with Gasteiger partial charge in [-0.3, -0.25) is 4.79 Å². The first-order valence-corrected chi connectivity index (χ1v) is 18.2. The van der Waals surface area contributed by atoms with Gasteiger partial charge >= 0.3 is 0 Å². The van der Waals surface area contributed by atoms with E-state index in [9.17, 15) is 25.2 Å². The van der Waals surface area contributed by atoms with Crippen LogP contribution in [0.3, 0.4) is 0 Å². The van der Waals surface area contributed by atoms with Gasteiger partial charge in [0.2, 0.25) is 0 Å². The summed E-state index contributed by atoms with van der Waals surface area (Å²) in [5.41, 5.74) is 8.84. The molecule has 286 valence electrons. The van der Waals surface area contributed by atoms with Gasteiger partial charge < -0.3 is 25.5 Å². The fourth-order valence-electron chi connectivity index (χ4n) is 4.84. The molecule has 6 nitrogen and oxygen atoms in total. The highest BCUT2D eigenvalue weighted by Gasteiger charge is 2.05. The maximum atomic E-state index is 10.1. The number of phenolic OH excluding ortho intramolecular Hbond substituents is 5. The van der Waals surface area contributed by atoms with Gasteiger partial charge in [-0.1, -0.05) is 116 Å². The maximum Gasteiger partial charge on any atom is 0.153 e. The Morgan fingerprint density at radius 3 is 1.06 bits per heavy atom. The van der Waals surface area contributed by atoms with E-state index in [0.29, 0.717) is 58.5 Å². The van der Waals surface area contributed by atoms with E-state index >= 15 is 0 Å². The van der Waals surface area contributed by atoms with Crippen molar-refractivity contribution in [2.45, 2.75) is 107 Å². The van der Waals surface area contributed by atoms with Crippen molar-refractivity contribution in [2.75, 3.05) is 0 Å². The van der Waals surface area contributed by atoms with E-state index in [2.05, 4.69) is 67.5 Å². The first-order valence-electron chi connectivity index (χ1n) is 18.2. The molecule has 5 rings (SSSR count). The molecular weight excluding hydrogens is 661 g/mol. The molecule has 0 heterocycles. The molecule has 53 heavy (non-hydrogen) atoms. The molecule has 0 saturated heterocycles. The molecule has 6 heteroatoms. The van der Waals surface area contributed by atoms with Crippen molar-refractivity contribution in [3.8, 4) is 28.7 Å². The lowest BCUT2D eigenvalue weighted by Gasteiger charge is -2.07. The average Bonchev–Trinajstić information content (AvgIpc) is 3.08. The Morgan fingerprint density at radius 1 is 0.415 bits per heavy atom. The van der Waals surface area contributed by atoms with E-state index in [4.69, 9.17) is 5.11 Å². The fourth-order valence-corrected chi connectivity index (χ4v) is 4.84. The van der Waals surface area contributed by atoms with Crippen molar-refractivity contribution in [1.82, 2.24) is 0 Å². The highest BCUT2D eigenvalue weighted by Crippen LogP contribution is 2.27. The lowest BCUT2D eigenvalue weighted by molar-refractivity contribution is 0.112. The van der Waals surface area contributed by atoms with Crippen LogP contribution in [0.2, 0.25) is 0 Å². The normalized spacial score (nSPS) is 10.3. The van der Waals surface area contributed by atoms with Crippen molar-refractivity contribution >= 4 is 6.29 Å². The predicted molar refractivity (Wildman–Crippen MR) is 221 cm³/mol. The van der Waals surface area contributed by atoms with Crippen molar-refractivity contribution in [1.29, 1.82) is 0 Å². The van der Waals surface area contributed by atoms with Gasteiger partial charge in [-0.15, -0.1) is 0 Å². The van der Waals surface area contributed by atoms with Crippen LogP contribution in [0.4, 0.5) is 0 Å². The summed E-state index contributed by atoms with van der Waals surface area (Å²) in [5.74, 6) is 3.44. The highest BCUT2D eigenvalue weighted by atomic mass is 16.3. The lowest BCUT2D eigenvalue weighted by Crippen LogP contribution is -1.87. The minimum atomic E-state index is 0.0347. The topological polar surface area (TPSA) is 118 Å². The van der Waals surface area contributed by atoms with Crippen LogP contribution < -0.4 is 0 Å². The van der Waals surface area contributed by atoms with E-state index < -0.39 is 0 Å². The van der Waals surface area contributed by atoms with Crippen molar-refractivity contribution in [3.05, 3.63) is 147 Å². The summed E-state index contributed by atoms with van der Waals surface area (Å²) in [6, 6.07) is 29.7. The molecule has 5 N–H and O–H groups in total. The Kier molecular flexibility index (Phi) is 19.6. The van der Waals surface area contributed by atoms with Gasteiger partial charge in [0, 0.05) is 0 Å². The zero-order valence-electron chi connectivity index (χ0n) is 33.8. The molecule has 5 aromatic rings. The second kappa shape index (κ2) is 22.7. The Bertz CT molecular complexity index is 1740. The van der Waals surface area contributed by atoms with Crippen LogP contribution >= 0.6 is 0 Å². The summed E-state index contributed by atoms with van der Waals surface area (Å²) in [7, 11) is 0. The van der Waals surface area contributed by atoms with Crippen LogP contribution in [0.1, 0.15) is 134 Å². The van der Waals surface area contributed by atoms with Crippen LogP contribution in [-0.2, 0) is 0 Å². The molecule has 0 aliphatic heterocycles. The van der Waals surface area contributed by atoms with Crippen LogP contribution in [0.15, 0.2) is 97.1 Å². The average molecular weight is 723 g/mol. The molecule has 0 unspecified atom stereocenters. The smallest absolute Gasteiger partial charge is 0.153 e. The fraction of sp³-hybridized carbons (Fsp3) is 0.340. The molecule has 0 atom stereocenters. The number of para-hydroxylation sites is 1. The van der Waals surface area contributed by atoms with Crippen molar-refractivity contribution in [2.24, 2.45) is 0 Å². The standard InChI is InChI=1S/4C10H14O.C7H6O2/c2*1-7(2)9-5-4-8(3)10(11)6-9;2*1-7(2)9-5-4-8(3)6-10(9)11;8-5-6-3-1-2-4-7(6)9/h4*4-7,11H,1-3H3;1-5,9H. The lowest BCUT2D eigenvalue weighted by atomic mass is 10.0. The van der Waals surface area contributed by atoms with E-state index in [-0.39, 0.29) is 5.75 Å². The minimum absolute atomic E-state index is 0.0347. The molecule has 0 amide bonds. The number of hydrogen-bond donors (Lipinski definition) is 5. The number of carbonyl (C=O) groups is 1. The molecular formula is C47H62O6. The Hall–Kier alpha value is -5.23. The second-order valence-electron chi connectivity index (χ2n) is 14.5. The van der Waals surface area contributed by atoms with Crippen molar-refractivity contribution in [3.63, 3.8) is 0 Å². The molecule has 0 fully saturated rings. The summed E-state index contributed by atoms with van der Waals surface area (Å²) < 4.78 is 0. The number of benzene rings is 5. The second-order valence-corrected chi connectivity index (χ2v) is 14.5. The molecule has 0 saturated carbocycles. The number of aromatic hydroxyl groups is 5. The largest absolute Gasteiger partial charge is 0.508 e. The first-order chi connectivity index (χ1) is 24.8. The number of aryl methyl sites for hydroxylation is 4. The zero-order valence-corrected chi connectivity index (χ0v) is 33.8.